The summed E-state index contributed by atoms with van der Waals surface area (Å²) in [6, 6.07) is 15.9. The van der Waals surface area contributed by atoms with Crippen molar-refractivity contribution in [3.63, 3.8) is 0 Å². The molecule has 2 rings (SSSR count). The van der Waals surface area contributed by atoms with Crippen LogP contribution in [-0.2, 0) is 6.54 Å². The molecular formula is C17H20ClNO. The summed E-state index contributed by atoms with van der Waals surface area (Å²) in [7, 11) is 0. The summed E-state index contributed by atoms with van der Waals surface area (Å²) in [6.45, 7) is 3.70. The van der Waals surface area contributed by atoms with Gasteiger partial charge in [-0.25, -0.2) is 0 Å². The number of ether oxygens (including phenoxy) is 1. The molecule has 106 valence electrons. The highest BCUT2D eigenvalue weighted by Gasteiger charge is 1.97. The summed E-state index contributed by atoms with van der Waals surface area (Å²) in [5.74, 6) is 0.923. The predicted molar refractivity (Wildman–Crippen MR) is 85.6 cm³/mol. The molecule has 0 atom stereocenters. The van der Waals surface area contributed by atoms with Crippen LogP contribution < -0.4 is 10.1 Å². The van der Waals surface area contributed by atoms with E-state index < -0.39 is 0 Å². The van der Waals surface area contributed by atoms with Crippen LogP contribution in [0, 0.1) is 0 Å². The zero-order valence-corrected chi connectivity index (χ0v) is 12.5. The Hall–Kier alpha value is -1.67. The smallest absolute Gasteiger partial charge is 0.119 e. The first-order valence-electron chi connectivity index (χ1n) is 6.99. The Morgan fingerprint density at radius 1 is 1.10 bits per heavy atom. The van der Waals surface area contributed by atoms with Gasteiger partial charge in [-0.05, 0) is 48.4 Å². The molecule has 0 aliphatic rings. The molecule has 0 spiro atoms. The van der Waals surface area contributed by atoms with Gasteiger partial charge in [0, 0.05) is 17.3 Å². The third kappa shape index (κ3) is 4.78. The average Bonchev–Trinajstić information content (AvgIpc) is 2.47. The van der Waals surface area contributed by atoms with Crippen molar-refractivity contribution in [2.75, 3.05) is 11.9 Å². The monoisotopic (exact) mass is 289 g/mol. The summed E-state index contributed by atoms with van der Waals surface area (Å²) >= 11 is 5.96. The average molecular weight is 290 g/mol. The van der Waals surface area contributed by atoms with Crippen LogP contribution in [0.25, 0.3) is 0 Å². The van der Waals surface area contributed by atoms with Gasteiger partial charge < -0.3 is 10.1 Å². The Balaban J connectivity index is 1.84. The molecule has 2 nitrogen and oxygen atoms in total. The molecule has 0 radical (unpaired) electrons. The van der Waals surface area contributed by atoms with Gasteiger partial charge in [0.2, 0.25) is 0 Å². The van der Waals surface area contributed by atoms with Crippen molar-refractivity contribution in [3.05, 3.63) is 59.1 Å². The predicted octanol–water partition coefficient (Wildman–Crippen LogP) is 5.13. The lowest BCUT2D eigenvalue weighted by atomic mass is 10.2. The summed E-state index contributed by atoms with van der Waals surface area (Å²) in [5.41, 5.74) is 2.24. The fourth-order valence-corrected chi connectivity index (χ4v) is 2.07. The van der Waals surface area contributed by atoms with E-state index in [1.54, 1.807) is 0 Å². The number of halogens is 1. The van der Waals surface area contributed by atoms with Crippen LogP contribution in [0.2, 0.25) is 5.02 Å². The molecule has 0 heterocycles. The molecule has 3 heteroatoms. The molecular weight excluding hydrogens is 270 g/mol. The molecule has 0 saturated carbocycles. The second-order valence-corrected chi connectivity index (χ2v) is 5.15. The maximum Gasteiger partial charge on any atom is 0.119 e. The summed E-state index contributed by atoms with van der Waals surface area (Å²) in [4.78, 5) is 0. The minimum absolute atomic E-state index is 0.761. The van der Waals surface area contributed by atoms with E-state index in [1.807, 2.05) is 42.5 Å². The lowest BCUT2D eigenvalue weighted by Gasteiger charge is -2.09. The van der Waals surface area contributed by atoms with E-state index in [0.29, 0.717) is 0 Å². The van der Waals surface area contributed by atoms with Gasteiger partial charge in [-0.1, -0.05) is 37.1 Å². The largest absolute Gasteiger partial charge is 0.494 e. The van der Waals surface area contributed by atoms with Crippen LogP contribution in [0.3, 0.4) is 0 Å². The highest BCUT2D eigenvalue weighted by Crippen LogP contribution is 2.17. The van der Waals surface area contributed by atoms with Crippen LogP contribution in [0.4, 0.5) is 5.69 Å². The van der Waals surface area contributed by atoms with E-state index in [0.717, 1.165) is 42.5 Å². The van der Waals surface area contributed by atoms with Crippen LogP contribution in [0.15, 0.2) is 48.5 Å². The molecule has 20 heavy (non-hydrogen) atoms. The zero-order valence-electron chi connectivity index (χ0n) is 11.7. The summed E-state index contributed by atoms with van der Waals surface area (Å²) in [6.07, 6.45) is 2.24. The van der Waals surface area contributed by atoms with Crippen molar-refractivity contribution >= 4 is 17.3 Å². The van der Waals surface area contributed by atoms with Crippen LogP contribution in [-0.4, -0.2) is 6.61 Å². The highest BCUT2D eigenvalue weighted by atomic mass is 35.5. The fourth-order valence-electron chi connectivity index (χ4n) is 1.85. The van der Waals surface area contributed by atoms with E-state index >= 15 is 0 Å². The quantitative estimate of drug-likeness (QED) is 0.713. The Labute approximate surface area is 125 Å². The first kappa shape index (κ1) is 14.7. The lowest BCUT2D eigenvalue weighted by molar-refractivity contribution is 0.309. The van der Waals surface area contributed by atoms with E-state index in [9.17, 15) is 0 Å². The van der Waals surface area contributed by atoms with Crippen LogP contribution in [0.5, 0.6) is 5.75 Å². The SMILES string of the molecule is CCCCOc1ccc(NCc2cccc(Cl)c2)cc1. The number of benzene rings is 2. The minimum Gasteiger partial charge on any atom is -0.494 e. The molecule has 0 aliphatic heterocycles. The van der Waals surface area contributed by atoms with Gasteiger partial charge in [0.05, 0.1) is 6.61 Å². The van der Waals surface area contributed by atoms with Gasteiger partial charge in [-0.3, -0.25) is 0 Å². The third-order valence-electron chi connectivity index (χ3n) is 3.01. The van der Waals surface area contributed by atoms with Crippen molar-refractivity contribution in [3.8, 4) is 5.75 Å². The van der Waals surface area contributed by atoms with Gasteiger partial charge in [0.15, 0.2) is 0 Å². The number of rotatable bonds is 7. The van der Waals surface area contributed by atoms with Crippen molar-refractivity contribution in [1.82, 2.24) is 0 Å². The molecule has 2 aromatic rings. The Bertz CT molecular complexity index is 525. The van der Waals surface area contributed by atoms with E-state index in [2.05, 4.69) is 18.3 Å². The summed E-state index contributed by atoms with van der Waals surface area (Å²) < 4.78 is 5.63. The highest BCUT2D eigenvalue weighted by molar-refractivity contribution is 6.30. The van der Waals surface area contributed by atoms with Gasteiger partial charge >= 0.3 is 0 Å². The maximum absolute atomic E-state index is 5.96. The fraction of sp³-hybridized carbons (Fsp3) is 0.294. The second kappa shape index (κ2) is 7.81. The Kier molecular flexibility index (Phi) is 5.75. The zero-order chi connectivity index (χ0) is 14.2. The van der Waals surface area contributed by atoms with Gasteiger partial charge in [0.25, 0.3) is 0 Å². The van der Waals surface area contributed by atoms with Crippen LogP contribution >= 0.6 is 11.6 Å². The third-order valence-corrected chi connectivity index (χ3v) is 3.24. The van der Waals surface area contributed by atoms with Crippen molar-refractivity contribution < 1.29 is 4.74 Å². The molecule has 0 fully saturated rings. The lowest BCUT2D eigenvalue weighted by Crippen LogP contribution is -2.00. The number of nitrogens with one attached hydrogen (secondary N) is 1. The van der Waals surface area contributed by atoms with E-state index in [4.69, 9.17) is 16.3 Å². The van der Waals surface area contributed by atoms with Crippen LogP contribution in [0.1, 0.15) is 25.3 Å². The Morgan fingerprint density at radius 3 is 2.60 bits per heavy atom. The van der Waals surface area contributed by atoms with Crippen molar-refractivity contribution in [2.45, 2.75) is 26.3 Å². The molecule has 0 aliphatic carbocycles. The molecule has 0 bridgehead atoms. The normalized spacial score (nSPS) is 10.3. The van der Waals surface area contributed by atoms with Crippen molar-refractivity contribution in [2.24, 2.45) is 0 Å². The van der Waals surface area contributed by atoms with Gasteiger partial charge in [-0.15, -0.1) is 0 Å². The number of hydrogen-bond donors (Lipinski definition) is 1. The van der Waals surface area contributed by atoms with Gasteiger partial charge in [-0.2, -0.15) is 0 Å². The number of anilines is 1. The number of unbranched alkanes of at least 4 members (excludes halogenated alkanes) is 1. The molecule has 0 aromatic heterocycles. The molecule has 0 saturated heterocycles. The van der Waals surface area contributed by atoms with Crippen molar-refractivity contribution in [1.29, 1.82) is 0 Å². The van der Waals surface area contributed by atoms with E-state index in [-0.39, 0.29) is 0 Å². The summed E-state index contributed by atoms with van der Waals surface area (Å²) in [5, 5.41) is 4.14. The standard InChI is InChI=1S/C17H20ClNO/c1-2-3-11-20-17-9-7-16(8-10-17)19-13-14-5-4-6-15(18)12-14/h4-10,12,19H,2-3,11,13H2,1H3. The number of hydrogen-bond acceptors (Lipinski definition) is 2. The molecule has 0 unspecified atom stereocenters. The maximum atomic E-state index is 5.96. The molecule has 2 aromatic carbocycles. The molecule has 1 N–H and O–H groups in total. The van der Waals surface area contributed by atoms with Gasteiger partial charge in [0.1, 0.15) is 5.75 Å². The first-order valence-corrected chi connectivity index (χ1v) is 7.37. The minimum atomic E-state index is 0.761. The first-order chi connectivity index (χ1) is 9.78. The second-order valence-electron chi connectivity index (χ2n) is 4.71. The molecule has 0 amide bonds. The topological polar surface area (TPSA) is 21.3 Å². The van der Waals surface area contributed by atoms with E-state index in [1.165, 1.54) is 5.56 Å². The Morgan fingerprint density at radius 2 is 1.90 bits per heavy atom.